The Kier molecular flexibility index (Phi) is 4.80. The van der Waals surface area contributed by atoms with Crippen LogP contribution in [-0.2, 0) is 23.6 Å². The molecule has 2 rings (SSSR count). The number of nitrogens with zero attached hydrogens (tertiary/aromatic N) is 2. The zero-order valence-electron chi connectivity index (χ0n) is 12.8. The van der Waals surface area contributed by atoms with Crippen molar-refractivity contribution < 1.29 is 14.3 Å². The van der Waals surface area contributed by atoms with Crippen molar-refractivity contribution in [3.63, 3.8) is 0 Å². The first-order valence-corrected chi connectivity index (χ1v) is 7.47. The molecular formula is C14H15N3O5S. The number of carbonyl (C=O) groups excluding carboxylic acids is 2. The molecule has 2 heterocycles. The van der Waals surface area contributed by atoms with Gasteiger partial charge in [0.05, 0.1) is 0 Å². The predicted octanol–water partition coefficient (Wildman–Crippen LogP) is 0.249. The van der Waals surface area contributed by atoms with E-state index in [0.717, 1.165) is 20.8 Å². The first-order chi connectivity index (χ1) is 10.8. The predicted molar refractivity (Wildman–Crippen MR) is 84.9 cm³/mol. The van der Waals surface area contributed by atoms with E-state index in [1.807, 2.05) is 0 Å². The highest BCUT2D eigenvalue weighted by Gasteiger charge is 2.15. The molecular weight excluding hydrogens is 322 g/mol. The van der Waals surface area contributed by atoms with E-state index in [1.54, 1.807) is 18.4 Å². The third-order valence-corrected chi connectivity index (χ3v) is 4.17. The van der Waals surface area contributed by atoms with Crippen LogP contribution in [0.1, 0.15) is 15.2 Å². The van der Waals surface area contributed by atoms with Gasteiger partial charge in [-0.15, -0.1) is 11.3 Å². The molecule has 0 bridgehead atoms. The summed E-state index contributed by atoms with van der Waals surface area (Å²) in [4.78, 5) is 47.4. The number of hydrogen-bond donors (Lipinski definition) is 1. The Hall–Kier alpha value is -2.68. The van der Waals surface area contributed by atoms with E-state index >= 15 is 0 Å². The number of anilines is 1. The Balaban J connectivity index is 2.04. The fourth-order valence-corrected chi connectivity index (χ4v) is 2.63. The van der Waals surface area contributed by atoms with Crippen molar-refractivity contribution in [3.8, 4) is 0 Å². The molecule has 0 radical (unpaired) electrons. The van der Waals surface area contributed by atoms with Crippen LogP contribution in [0.25, 0.3) is 0 Å². The molecule has 2 aromatic heterocycles. The van der Waals surface area contributed by atoms with Crippen molar-refractivity contribution in [2.75, 3.05) is 11.9 Å². The number of ether oxygens (including phenoxy) is 1. The van der Waals surface area contributed by atoms with Crippen LogP contribution in [0.5, 0.6) is 0 Å². The zero-order valence-corrected chi connectivity index (χ0v) is 13.6. The molecule has 0 aliphatic carbocycles. The molecule has 8 nitrogen and oxygen atoms in total. The standard InChI is InChI=1S/C14H15N3O5S/c1-8-4-5-23-12(8)13(20)22-7-10(18)15-9-6-11(19)17(3)14(21)16(9)2/h4-6H,7H2,1-3H3,(H,15,18). The number of rotatable bonds is 4. The minimum atomic E-state index is -0.643. The van der Waals surface area contributed by atoms with Crippen LogP contribution >= 0.6 is 11.3 Å². The zero-order chi connectivity index (χ0) is 17.1. The van der Waals surface area contributed by atoms with Crippen molar-refractivity contribution in [2.45, 2.75) is 6.92 Å². The average molecular weight is 337 g/mol. The van der Waals surface area contributed by atoms with Gasteiger partial charge in [-0.05, 0) is 23.9 Å². The Bertz CT molecular complexity index is 877. The number of thiophene rings is 1. The highest BCUT2D eigenvalue weighted by molar-refractivity contribution is 7.12. The highest BCUT2D eigenvalue weighted by Crippen LogP contribution is 2.16. The summed E-state index contributed by atoms with van der Waals surface area (Å²) in [6.07, 6.45) is 0. The number of nitrogens with one attached hydrogen (secondary N) is 1. The lowest BCUT2D eigenvalue weighted by molar-refractivity contribution is -0.119. The third-order valence-electron chi connectivity index (χ3n) is 3.18. The topological polar surface area (TPSA) is 99.4 Å². The molecule has 0 atom stereocenters. The van der Waals surface area contributed by atoms with Crippen LogP contribution in [-0.4, -0.2) is 27.6 Å². The highest BCUT2D eigenvalue weighted by atomic mass is 32.1. The van der Waals surface area contributed by atoms with Crippen LogP contribution in [0.4, 0.5) is 5.82 Å². The summed E-state index contributed by atoms with van der Waals surface area (Å²) in [6.45, 7) is 1.25. The van der Waals surface area contributed by atoms with Crippen LogP contribution in [0.3, 0.4) is 0 Å². The van der Waals surface area contributed by atoms with Gasteiger partial charge in [0.2, 0.25) is 0 Å². The number of carbonyl (C=O) groups is 2. The third kappa shape index (κ3) is 3.57. The molecule has 122 valence electrons. The van der Waals surface area contributed by atoms with E-state index < -0.39 is 29.7 Å². The molecule has 0 spiro atoms. The van der Waals surface area contributed by atoms with Crippen LogP contribution in [0.15, 0.2) is 27.1 Å². The fraction of sp³-hybridized carbons (Fsp3) is 0.286. The number of amides is 1. The second-order valence-electron chi connectivity index (χ2n) is 4.83. The molecule has 9 heteroatoms. The summed E-state index contributed by atoms with van der Waals surface area (Å²) < 4.78 is 6.94. The van der Waals surface area contributed by atoms with E-state index in [0.29, 0.717) is 4.88 Å². The summed E-state index contributed by atoms with van der Waals surface area (Å²) in [7, 11) is 2.75. The summed E-state index contributed by atoms with van der Waals surface area (Å²) >= 11 is 1.23. The van der Waals surface area contributed by atoms with Gasteiger partial charge < -0.3 is 10.1 Å². The normalized spacial score (nSPS) is 10.4. The van der Waals surface area contributed by atoms with Crippen LogP contribution in [0, 0.1) is 6.92 Å². The lowest BCUT2D eigenvalue weighted by Crippen LogP contribution is -2.38. The first kappa shape index (κ1) is 16.7. The maximum absolute atomic E-state index is 11.8. The molecule has 0 aliphatic heterocycles. The van der Waals surface area contributed by atoms with Crippen molar-refractivity contribution in [3.05, 3.63) is 48.8 Å². The maximum atomic E-state index is 11.8. The molecule has 1 amide bonds. The summed E-state index contributed by atoms with van der Waals surface area (Å²) in [6, 6.07) is 2.89. The largest absolute Gasteiger partial charge is 0.451 e. The molecule has 2 aromatic rings. The molecule has 0 fully saturated rings. The second kappa shape index (κ2) is 6.61. The van der Waals surface area contributed by atoms with Crippen molar-refractivity contribution in [1.29, 1.82) is 0 Å². The number of aryl methyl sites for hydroxylation is 1. The Labute approximate surface area is 134 Å². The molecule has 0 saturated heterocycles. The van der Waals surface area contributed by atoms with Crippen LogP contribution in [0.2, 0.25) is 0 Å². The Morgan fingerprint density at radius 1 is 1.26 bits per heavy atom. The quantitative estimate of drug-likeness (QED) is 0.806. The molecule has 0 unspecified atom stereocenters. The van der Waals surface area contributed by atoms with E-state index in [9.17, 15) is 19.2 Å². The molecule has 0 saturated carbocycles. The minimum absolute atomic E-state index is 0.0338. The van der Waals surface area contributed by atoms with E-state index in [-0.39, 0.29) is 5.82 Å². The minimum Gasteiger partial charge on any atom is -0.451 e. The number of aromatic nitrogens is 2. The van der Waals surface area contributed by atoms with Crippen molar-refractivity contribution >= 4 is 29.0 Å². The van der Waals surface area contributed by atoms with Crippen molar-refractivity contribution in [1.82, 2.24) is 9.13 Å². The van der Waals surface area contributed by atoms with Gasteiger partial charge in [-0.25, -0.2) is 9.59 Å². The SMILES string of the molecule is Cc1ccsc1C(=O)OCC(=O)Nc1cc(=O)n(C)c(=O)n1C. The number of hydrogen-bond acceptors (Lipinski definition) is 6. The van der Waals surface area contributed by atoms with E-state index in [4.69, 9.17) is 4.74 Å². The Morgan fingerprint density at radius 2 is 1.96 bits per heavy atom. The molecule has 0 aliphatic rings. The fourth-order valence-electron chi connectivity index (χ4n) is 1.81. The van der Waals surface area contributed by atoms with Gasteiger partial charge in [-0.2, -0.15) is 0 Å². The summed E-state index contributed by atoms with van der Waals surface area (Å²) in [5.41, 5.74) is -0.344. The van der Waals surface area contributed by atoms with Gasteiger partial charge in [0, 0.05) is 20.2 Å². The molecule has 1 N–H and O–H groups in total. The molecule has 0 aromatic carbocycles. The monoisotopic (exact) mass is 337 g/mol. The average Bonchev–Trinajstić information content (AvgIpc) is 2.94. The smallest absolute Gasteiger partial charge is 0.349 e. The molecule has 23 heavy (non-hydrogen) atoms. The van der Waals surface area contributed by atoms with Gasteiger partial charge in [-0.3, -0.25) is 18.7 Å². The van der Waals surface area contributed by atoms with Gasteiger partial charge in [0.25, 0.3) is 11.5 Å². The lowest BCUT2D eigenvalue weighted by atomic mass is 10.3. The summed E-state index contributed by atoms with van der Waals surface area (Å²) in [5, 5.41) is 4.12. The van der Waals surface area contributed by atoms with E-state index in [2.05, 4.69) is 5.32 Å². The van der Waals surface area contributed by atoms with E-state index in [1.165, 1.54) is 25.4 Å². The number of esters is 1. The van der Waals surface area contributed by atoms with Gasteiger partial charge in [0.15, 0.2) is 6.61 Å². The van der Waals surface area contributed by atoms with Crippen molar-refractivity contribution in [2.24, 2.45) is 14.1 Å². The summed E-state index contributed by atoms with van der Waals surface area (Å²) in [5.74, 6) is -1.20. The lowest BCUT2D eigenvalue weighted by Gasteiger charge is -2.10. The second-order valence-corrected chi connectivity index (χ2v) is 5.74. The van der Waals surface area contributed by atoms with Gasteiger partial charge >= 0.3 is 11.7 Å². The first-order valence-electron chi connectivity index (χ1n) is 6.59. The van der Waals surface area contributed by atoms with Gasteiger partial charge in [0.1, 0.15) is 10.7 Å². The Morgan fingerprint density at radius 3 is 2.57 bits per heavy atom. The van der Waals surface area contributed by atoms with Crippen LogP contribution < -0.4 is 16.6 Å². The maximum Gasteiger partial charge on any atom is 0.349 e. The van der Waals surface area contributed by atoms with Gasteiger partial charge in [-0.1, -0.05) is 0 Å².